The Labute approximate surface area is 110 Å². The third kappa shape index (κ3) is 2.10. The van der Waals surface area contributed by atoms with Gasteiger partial charge in [0.05, 0.1) is 18.1 Å². The monoisotopic (exact) mass is 253 g/mol. The quantitative estimate of drug-likeness (QED) is 0.699. The topological polar surface area (TPSA) is 40.8 Å². The molecule has 0 aliphatic carbocycles. The summed E-state index contributed by atoms with van der Waals surface area (Å²) in [5.74, 6) is 1.28. The summed E-state index contributed by atoms with van der Waals surface area (Å²) in [7, 11) is 1.52. The first kappa shape index (κ1) is 11.5. The molecule has 0 unspecified atom stereocenters. The van der Waals surface area contributed by atoms with E-state index in [1.807, 2.05) is 36.4 Å². The van der Waals surface area contributed by atoms with Crippen molar-refractivity contribution in [1.29, 1.82) is 0 Å². The van der Waals surface area contributed by atoms with Crippen molar-refractivity contribution in [1.82, 2.24) is 0 Å². The maximum absolute atomic E-state index is 9.60. The van der Waals surface area contributed by atoms with Crippen molar-refractivity contribution in [2.45, 2.75) is 0 Å². The summed E-state index contributed by atoms with van der Waals surface area (Å²) >= 11 is 0. The van der Waals surface area contributed by atoms with E-state index in [2.05, 4.69) is 0 Å². The van der Waals surface area contributed by atoms with Gasteiger partial charge in [-0.2, -0.15) is 0 Å². The first-order chi connectivity index (χ1) is 9.28. The molecule has 19 heavy (non-hydrogen) atoms. The fourth-order valence-electron chi connectivity index (χ4n) is 2.02. The van der Waals surface area contributed by atoms with E-state index >= 15 is 0 Å². The zero-order valence-electron chi connectivity index (χ0n) is 10.5. The van der Waals surface area contributed by atoms with E-state index in [1.54, 1.807) is 18.2 Å². The Morgan fingerprint density at radius 2 is 1.84 bits per heavy atom. The van der Waals surface area contributed by atoms with Crippen molar-refractivity contribution in [2.75, 3.05) is 7.11 Å². The number of methoxy groups -OCH3 is 1. The van der Waals surface area contributed by atoms with Crippen LogP contribution in [0.2, 0.25) is 0 Å². The molecule has 1 N–H and O–H groups in total. The number of benzene rings is 2. The molecule has 0 atom stereocenters. The molecule has 2 aromatic carbocycles. The summed E-state index contributed by atoms with van der Waals surface area (Å²) in [5.41, 5.74) is 1.69. The second kappa shape index (κ2) is 4.61. The van der Waals surface area contributed by atoms with Crippen LogP contribution in [-0.2, 0) is 0 Å². The lowest BCUT2D eigenvalue weighted by Gasteiger charge is -2.02. The lowest BCUT2D eigenvalue weighted by atomic mass is 10.1. The van der Waals surface area contributed by atoms with Gasteiger partial charge in [-0.1, -0.05) is 12.1 Å². The molecular weight excluding hydrogens is 240 g/mol. The number of phenols is 1. The summed E-state index contributed by atoms with van der Waals surface area (Å²) < 4.78 is 11.0. The first-order valence-corrected chi connectivity index (χ1v) is 5.97. The Balaban J connectivity index is 2.13. The molecule has 0 amide bonds. The molecule has 1 aromatic heterocycles. The number of ether oxygens (including phenoxy) is 1. The van der Waals surface area contributed by atoms with E-state index in [0.717, 1.165) is 22.3 Å². The van der Waals surface area contributed by atoms with Gasteiger partial charge in [0.25, 0.3) is 0 Å². The van der Waals surface area contributed by atoms with Crippen LogP contribution in [0, 0.1) is 0 Å². The molecule has 3 aromatic rings. The van der Waals surface area contributed by atoms with Crippen LogP contribution in [0.4, 0.5) is 0 Å². The molecule has 0 aliphatic heterocycles. The number of fused-ring (bicyclic) bond motifs is 1. The van der Waals surface area contributed by atoms with E-state index in [1.165, 1.54) is 7.11 Å². The van der Waals surface area contributed by atoms with Crippen LogP contribution in [0.3, 0.4) is 0 Å². The smallest absolute Gasteiger partial charge is 0.360 e. The average Bonchev–Trinajstić information content (AvgIpc) is 2.47. The largest absolute Gasteiger partial charge is 0.504 e. The molecule has 0 spiro atoms. The highest BCUT2D eigenvalue weighted by molar-refractivity contribution is 5.78. The minimum absolute atomic E-state index is 0.118. The van der Waals surface area contributed by atoms with E-state index in [0.29, 0.717) is 5.75 Å². The van der Waals surface area contributed by atoms with E-state index < -0.39 is 0 Å². The SMILES string of the molecule is COc1cc(-c2ccc3ccccc3[o+]2)ccc1O. The highest BCUT2D eigenvalue weighted by atomic mass is 16.5. The van der Waals surface area contributed by atoms with Crippen LogP contribution in [0.25, 0.3) is 22.3 Å². The van der Waals surface area contributed by atoms with Gasteiger partial charge in [0, 0.05) is 18.2 Å². The van der Waals surface area contributed by atoms with Crippen LogP contribution >= 0.6 is 0 Å². The maximum atomic E-state index is 9.60. The van der Waals surface area contributed by atoms with Gasteiger partial charge < -0.3 is 9.84 Å². The Morgan fingerprint density at radius 3 is 2.68 bits per heavy atom. The fourth-order valence-corrected chi connectivity index (χ4v) is 2.02. The molecule has 0 saturated heterocycles. The van der Waals surface area contributed by atoms with Crippen molar-refractivity contribution in [2.24, 2.45) is 0 Å². The van der Waals surface area contributed by atoms with Crippen molar-refractivity contribution >= 4 is 11.0 Å². The Bertz CT molecular complexity index is 735. The van der Waals surface area contributed by atoms with Crippen molar-refractivity contribution in [3.05, 3.63) is 54.6 Å². The number of rotatable bonds is 2. The third-order valence-electron chi connectivity index (χ3n) is 3.02. The van der Waals surface area contributed by atoms with E-state index in [4.69, 9.17) is 9.15 Å². The lowest BCUT2D eigenvalue weighted by Crippen LogP contribution is -1.85. The second-order valence-corrected chi connectivity index (χ2v) is 4.22. The normalized spacial score (nSPS) is 10.6. The molecule has 0 bridgehead atoms. The predicted molar refractivity (Wildman–Crippen MR) is 74.3 cm³/mol. The zero-order valence-corrected chi connectivity index (χ0v) is 10.5. The summed E-state index contributed by atoms with van der Waals surface area (Å²) in [6, 6.07) is 16.9. The summed E-state index contributed by atoms with van der Waals surface area (Å²) in [6.07, 6.45) is 0. The lowest BCUT2D eigenvalue weighted by molar-refractivity contribution is 0.373. The Kier molecular flexibility index (Phi) is 2.80. The first-order valence-electron chi connectivity index (χ1n) is 5.97. The Morgan fingerprint density at radius 1 is 1.00 bits per heavy atom. The molecule has 3 rings (SSSR count). The van der Waals surface area contributed by atoms with Crippen molar-refractivity contribution in [3.8, 4) is 22.8 Å². The number of aromatic hydroxyl groups is 1. The van der Waals surface area contributed by atoms with Crippen LogP contribution in [0.15, 0.2) is 59.0 Å². The number of phenolic OH excluding ortho intramolecular Hbond substituents is 1. The molecule has 1 heterocycles. The van der Waals surface area contributed by atoms with Gasteiger partial charge in [0.2, 0.25) is 0 Å². The molecular formula is C16H13O3+. The number of hydrogen-bond donors (Lipinski definition) is 1. The predicted octanol–water partition coefficient (Wildman–Crippen LogP) is 4.10. The summed E-state index contributed by atoms with van der Waals surface area (Å²) in [4.78, 5) is 0. The minimum atomic E-state index is 0.118. The van der Waals surface area contributed by atoms with Crippen molar-refractivity contribution < 1.29 is 14.3 Å². The van der Waals surface area contributed by atoms with Crippen LogP contribution in [0.5, 0.6) is 11.5 Å². The third-order valence-corrected chi connectivity index (χ3v) is 3.02. The fraction of sp³-hybridized carbons (Fsp3) is 0.0625. The van der Waals surface area contributed by atoms with E-state index in [9.17, 15) is 5.11 Å². The van der Waals surface area contributed by atoms with Crippen LogP contribution in [-0.4, -0.2) is 12.2 Å². The highest BCUT2D eigenvalue weighted by Gasteiger charge is 2.15. The molecule has 3 heteroatoms. The van der Waals surface area contributed by atoms with E-state index in [-0.39, 0.29) is 5.75 Å². The molecule has 94 valence electrons. The van der Waals surface area contributed by atoms with Gasteiger partial charge in [0.15, 0.2) is 11.5 Å². The summed E-state index contributed by atoms with van der Waals surface area (Å²) in [5, 5.41) is 10.7. The number of para-hydroxylation sites is 1. The van der Waals surface area contributed by atoms with Crippen molar-refractivity contribution in [3.63, 3.8) is 0 Å². The molecule has 0 radical (unpaired) electrons. The average molecular weight is 253 g/mol. The second-order valence-electron chi connectivity index (χ2n) is 4.22. The minimum Gasteiger partial charge on any atom is -0.504 e. The van der Waals surface area contributed by atoms with Crippen LogP contribution in [0.1, 0.15) is 0 Å². The zero-order chi connectivity index (χ0) is 13.2. The highest BCUT2D eigenvalue weighted by Crippen LogP contribution is 2.32. The van der Waals surface area contributed by atoms with Gasteiger partial charge in [0.1, 0.15) is 0 Å². The Hall–Kier alpha value is -2.55. The van der Waals surface area contributed by atoms with Crippen LogP contribution < -0.4 is 4.74 Å². The standard InChI is InChI=1S/C16H12O3/c1-18-16-10-12(6-8-13(16)17)15-9-7-11-4-2-3-5-14(11)19-15/h2-10H,1H3/p+1. The maximum Gasteiger partial charge on any atom is 0.360 e. The van der Waals surface area contributed by atoms with Gasteiger partial charge >= 0.3 is 11.3 Å². The van der Waals surface area contributed by atoms with Gasteiger partial charge in [-0.05, 0) is 24.3 Å². The summed E-state index contributed by atoms with van der Waals surface area (Å²) in [6.45, 7) is 0. The molecule has 0 saturated carbocycles. The molecule has 3 nitrogen and oxygen atoms in total. The van der Waals surface area contributed by atoms with Gasteiger partial charge in [-0.15, -0.1) is 0 Å². The number of hydrogen-bond acceptors (Lipinski definition) is 2. The van der Waals surface area contributed by atoms with Gasteiger partial charge in [-0.25, -0.2) is 4.42 Å². The molecule has 0 aliphatic rings. The van der Waals surface area contributed by atoms with Gasteiger partial charge in [-0.3, -0.25) is 0 Å². The molecule has 0 fully saturated rings.